The van der Waals surface area contributed by atoms with Crippen molar-refractivity contribution in [1.82, 2.24) is 9.97 Å². The number of nitrogens with zero attached hydrogens (tertiary/aromatic N) is 2. The van der Waals surface area contributed by atoms with Crippen molar-refractivity contribution in [2.24, 2.45) is 0 Å². The van der Waals surface area contributed by atoms with Gasteiger partial charge in [-0.3, -0.25) is 4.79 Å². The van der Waals surface area contributed by atoms with Crippen molar-refractivity contribution < 1.29 is 9.18 Å². The zero-order valence-electron chi connectivity index (χ0n) is 12.4. The number of carbonyl (C=O) groups is 1. The molecule has 1 aromatic heterocycles. The molecule has 0 spiro atoms. The van der Waals surface area contributed by atoms with Crippen LogP contribution in [0.2, 0.25) is 5.02 Å². The summed E-state index contributed by atoms with van der Waals surface area (Å²) >= 11 is 5.68. The Balaban J connectivity index is 2.15. The minimum Gasteiger partial charge on any atom is -0.365 e. The first-order chi connectivity index (χ1) is 10.2. The van der Waals surface area contributed by atoms with E-state index in [1.54, 1.807) is 6.07 Å². The van der Waals surface area contributed by atoms with Gasteiger partial charge < -0.3 is 10.6 Å². The van der Waals surface area contributed by atoms with E-state index in [0.717, 1.165) is 0 Å². The highest BCUT2D eigenvalue weighted by Gasteiger charge is 2.14. The molecule has 0 aliphatic carbocycles. The second-order valence-electron chi connectivity index (χ2n) is 5.75. The maximum absolute atomic E-state index is 13.1. The van der Waals surface area contributed by atoms with Gasteiger partial charge in [-0.15, -0.1) is 0 Å². The predicted octanol–water partition coefficient (Wildman–Crippen LogP) is 3.73. The van der Waals surface area contributed by atoms with Gasteiger partial charge >= 0.3 is 0 Å². The molecule has 22 heavy (non-hydrogen) atoms. The van der Waals surface area contributed by atoms with E-state index in [-0.39, 0.29) is 16.3 Å². The van der Waals surface area contributed by atoms with E-state index in [1.165, 1.54) is 24.5 Å². The number of nitrogens with one attached hydrogen (secondary N) is 2. The monoisotopic (exact) mass is 322 g/mol. The van der Waals surface area contributed by atoms with Gasteiger partial charge in [-0.05, 0) is 39.0 Å². The van der Waals surface area contributed by atoms with Gasteiger partial charge in [-0.2, -0.15) is 0 Å². The van der Waals surface area contributed by atoms with E-state index >= 15 is 0 Å². The summed E-state index contributed by atoms with van der Waals surface area (Å²) in [6.45, 7) is 5.94. The summed E-state index contributed by atoms with van der Waals surface area (Å²) < 4.78 is 13.1. The minimum absolute atomic E-state index is 0.0597. The summed E-state index contributed by atoms with van der Waals surface area (Å²) in [5.74, 6) is -0.426. The van der Waals surface area contributed by atoms with Crippen molar-refractivity contribution >= 4 is 29.0 Å². The number of hydrogen-bond acceptors (Lipinski definition) is 4. The van der Waals surface area contributed by atoms with Crippen LogP contribution >= 0.6 is 11.6 Å². The minimum atomic E-state index is -0.543. The smallest absolute Gasteiger partial charge is 0.274 e. The molecule has 0 aliphatic heterocycles. The molecule has 1 amide bonds. The molecule has 2 N–H and O–H groups in total. The van der Waals surface area contributed by atoms with E-state index in [0.29, 0.717) is 11.5 Å². The quantitative estimate of drug-likeness (QED) is 0.903. The summed E-state index contributed by atoms with van der Waals surface area (Å²) in [7, 11) is 0. The lowest BCUT2D eigenvalue weighted by Crippen LogP contribution is -2.27. The Morgan fingerprint density at radius 1 is 1.23 bits per heavy atom. The molecule has 116 valence electrons. The lowest BCUT2D eigenvalue weighted by molar-refractivity contribution is 0.102. The molecule has 0 unspecified atom stereocenters. The van der Waals surface area contributed by atoms with Gasteiger partial charge in [0, 0.05) is 17.3 Å². The van der Waals surface area contributed by atoms with Crippen molar-refractivity contribution in [3.05, 3.63) is 47.1 Å². The van der Waals surface area contributed by atoms with Gasteiger partial charge in [0.2, 0.25) is 0 Å². The first-order valence-electron chi connectivity index (χ1n) is 6.61. The zero-order valence-corrected chi connectivity index (χ0v) is 13.2. The molecule has 0 aliphatic rings. The molecule has 0 saturated heterocycles. The van der Waals surface area contributed by atoms with Crippen LogP contribution in [0.4, 0.5) is 15.9 Å². The molecule has 0 fully saturated rings. The third-order valence-corrected chi connectivity index (χ3v) is 2.87. The lowest BCUT2D eigenvalue weighted by Gasteiger charge is -2.21. The lowest BCUT2D eigenvalue weighted by atomic mass is 10.1. The van der Waals surface area contributed by atoms with Crippen LogP contribution in [0, 0.1) is 5.82 Å². The number of carbonyl (C=O) groups excluding carboxylic acids is 1. The van der Waals surface area contributed by atoms with Crippen molar-refractivity contribution in [1.29, 1.82) is 0 Å². The molecular weight excluding hydrogens is 307 g/mol. The molecule has 1 heterocycles. The SMILES string of the molecule is CC(C)(C)Nc1cc(C(=O)Nc2ccc(F)c(Cl)c2)ncn1. The van der Waals surface area contributed by atoms with Gasteiger partial charge in [0.25, 0.3) is 5.91 Å². The fourth-order valence-electron chi connectivity index (χ4n) is 1.70. The largest absolute Gasteiger partial charge is 0.365 e. The molecule has 2 rings (SSSR count). The highest BCUT2D eigenvalue weighted by molar-refractivity contribution is 6.31. The molecule has 1 aromatic carbocycles. The summed E-state index contributed by atoms with van der Waals surface area (Å²) in [5.41, 5.74) is 0.398. The fourth-order valence-corrected chi connectivity index (χ4v) is 1.88. The topological polar surface area (TPSA) is 66.9 Å². The Morgan fingerprint density at radius 2 is 1.95 bits per heavy atom. The van der Waals surface area contributed by atoms with E-state index in [9.17, 15) is 9.18 Å². The molecule has 7 heteroatoms. The second-order valence-corrected chi connectivity index (χ2v) is 6.15. The van der Waals surface area contributed by atoms with Gasteiger partial charge in [0.1, 0.15) is 23.7 Å². The Labute approximate surface area is 132 Å². The molecule has 0 atom stereocenters. The third-order valence-electron chi connectivity index (χ3n) is 2.58. The van der Waals surface area contributed by atoms with Crippen LogP contribution in [0.25, 0.3) is 0 Å². The van der Waals surface area contributed by atoms with E-state index in [4.69, 9.17) is 11.6 Å². The molecule has 0 radical (unpaired) electrons. The van der Waals surface area contributed by atoms with E-state index < -0.39 is 11.7 Å². The Kier molecular flexibility index (Phi) is 4.61. The van der Waals surface area contributed by atoms with Gasteiger partial charge in [-0.25, -0.2) is 14.4 Å². The summed E-state index contributed by atoms with van der Waals surface area (Å²) in [6, 6.07) is 5.50. The molecule has 5 nitrogen and oxygen atoms in total. The molecule has 0 bridgehead atoms. The van der Waals surface area contributed by atoms with Crippen LogP contribution < -0.4 is 10.6 Å². The van der Waals surface area contributed by atoms with Crippen molar-refractivity contribution in [3.8, 4) is 0 Å². The van der Waals surface area contributed by atoms with Gasteiger partial charge in [0.05, 0.1) is 5.02 Å². The maximum atomic E-state index is 13.1. The van der Waals surface area contributed by atoms with Crippen LogP contribution in [0.5, 0.6) is 0 Å². The van der Waals surface area contributed by atoms with Gasteiger partial charge in [0.15, 0.2) is 0 Å². The Bertz CT molecular complexity index is 700. The van der Waals surface area contributed by atoms with E-state index in [2.05, 4.69) is 20.6 Å². The van der Waals surface area contributed by atoms with Crippen molar-refractivity contribution in [2.75, 3.05) is 10.6 Å². The summed E-state index contributed by atoms with van der Waals surface area (Å²) in [5, 5.41) is 5.70. The van der Waals surface area contributed by atoms with Crippen LogP contribution in [-0.2, 0) is 0 Å². The van der Waals surface area contributed by atoms with Crippen LogP contribution in [0.15, 0.2) is 30.6 Å². The standard InChI is InChI=1S/C15H16ClFN4O/c1-15(2,3)21-13-7-12(18-8-19-13)14(22)20-9-4-5-11(17)10(16)6-9/h4-8H,1-3H3,(H,20,22)(H,18,19,21). The number of aromatic nitrogens is 2. The molecule has 0 saturated carbocycles. The zero-order chi connectivity index (χ0) is 16.3. The number of benzene rings is 1. The number of anilines is 2. The number of hydrogen-bond donors (Lipinski definition) is 2. The highest BCUT2D eigenvalue weighted by atomic mass is 35.5. The fraction of sp³-hybridized carbons (Fsp3) is 0.267. The predicted molar refractivity (Wildman–Crippen MR) is 84.8 cm³/mol. The Hall–Kier alpha value is -2.21. The number of rotatable bonds is 3. The third kappa shape index (κ3) is 4.39. The number of amides is 1. The van der Waals surface area contributed by atoms with Crippen LogP contribution in [-0.4, -0.2) is 21.4 Å². The first-order valence-corrected chi connectivity index (χ1v) is 6.99. The second kappa shape index (κ2) is 6.27. The Morgan fingerprint density at radius 3 is 2.59 bits per heavy atom. The summed E-state index contributed by atoms with van der Waals surface area (Å²) in [6.07, 6.45) is 1.31. The van der Waals surface area contributed by atoms with Crippen LogP contribution in [0.3, 0.4) is 0 Å². The first kappa shape index (κ1) is 16.2. The van der Waals surface area contributed by atoms with Crippen LogP contribution in [0.1, 0.15) is 31.3 Å². The normalized spacial score (nSPS) is 11.1. The van der Waals surface area contributed by atoms with Gasteiger partial charge in [-0.1, -0.05) is 11.6 Å². The maximum Gasteiger partial charge on any atom is 0.274 e. The van der Waals surface area contributed by atoms with Crippen molar-refractivity contribution in [3.63, 3.8) is 0 Å². The van der Waals surface area contributed by atoms with Crippen molar-refractivity contribution in [2.45, 2.75) is 26.3 Å². The highest BCUT2D eigenvalue weighted by Crippen LogP contribution is 2.20. The molecule has 2 aromatic rings. The number of halogens is 2. The average Bonchev–Trinajstić information content (AvgIpc) is 2.41. The summed E-state index contributed by atoms with van der Waals surface area (Å²) in [4.78, 5) is 20.2. The molecular formula is C15H16ClFN4O. The van der Waals surface area contributed by atoms with E-state index in [1.807, 2.05) is 20.8 Å². The average molecular weight is 323 g/mol.